The van der Waals surface area contributed by atoms with Crippen LogP contribution < -0.4 is 40.0 Å². The van der Waals surface area contributed by atoms with Crippen LogP contribution in [0.15, 0.2) is 357 Å². The minimum absolute atomic E-state index is 0.00532. The molecule has 0 bridgehead atoms. The number of aliphatic hydroxyl groups excluding tert-OH is 2. The lowest BCUT2D eigenvalue weighted by Crippen LogP contribution is -2.18. The van der Waals surface area contributed by atoms with Gasteiger partial charge in [0.2, 0.25) is 0 Å². The minimum Gasteiger partial charge on any atom is -0.496 e. The largest absolute Gasteiger partial charge is 0.573 e. The van der Waals surface area contributed by atoms with Crippen molar-refractivity contribution in [1.82, 2.24) is 19.3 Å². The van der Waals surface area contributed by atoms with Crippen LogP contribution in [0.4, 0.5) is 30.2 Å². The first kappa shape index (κ1) is 81.5. The number of aromatic amines is 1. The van der Waals surface area contributed by atoms with Crippen molar-refractivity contribution in [2.24, 2.45) is 0 Å². The number of H-pyrrole nitrogens is 1. The summed E-state index contributed by atoms with van der Waals surface area (Å²) in [7, 11) is 1.60. The van der Waals surface area contributed by atoms with Crippen LogP contribution in [0.25, 0.3) is 50.3 Å². The molecule has 6 heterocycles. The molecule has 3 aromatic heterocycles. The molecule has 9 aromatic carbocycles. The van der Waals surface area contributed by atoms with E-state index < -0.39 is 6.36 Å². The number of nitrogens with zero attached hydrogens (tertiary/aromatic N) is 6. The lowest BCUT2D eigenvalue weighted by molar-refractivity contribution is -0.274. The summed E-state index contributed by atoms with van der Waals surface area (Å²) in [6.07, 6.45) is 17.0. The molecule has 14 nitrogen and oxygen atoms in total. The third-order valence-electron chi connectivity index (χ3n) is 18.5. The number of aryl methyl sites for hydroxylation is 5. The zero-order valence-electron chi connectivity index (χ0n) is 64.3. The van der Waals surface area contributed by atoms with E-state index in [-0.39, 0.29) is 30.1 Å². The number of para-hydroxylation sites is 2. The summed E-state index contributed by atoms with van der Waals surface area (Å²) >= 11 is 5.91. The maximum absolute atomic E-state index is 12.3. The lowest BCUT2D eigenvalue weighted by Gasteiger charge is -2.27. The van der Waals surface area contributed by atoms with Crippen LogP contribution in [-0.4, -0.2) is 49.6 Å². The third kappa shape index (κ3) is 21.2. The maximum atomic E-state index is 12.3. The topological polar surface area (TPSA) is 151 Å². The molecule has 3 aliphatic rings. The fourth-order valence-electron chi connectivity index (χ4n) is 12.8. The average Bonchev–Trinajstić information content (AvgIpc) is 1.07. The number of rotatable bonds is 16. The van der Waals surface area contributed by atoms with E-state index in [4.69, 9.17) is 21.1 Å². The van der Waals surface area contributed by atoms with Crippen molar-refractivity contribution in [1.29, 1.82) is 0 Å². The quantitative estimate of drug-likeness (QED) is 0.0848. The second-order valence-electron chi connectivity index (χ2n) is 26.8. The van der Waals surface area contributed by atoms with Gasteiger partial charge in [-0.25, -0.2) is 0 Å². The van der Waals surface area contributed by atoms with E-state index in [0.717, 1.165) is 141 Å². The molecule has 0 unspecified atom stereocenters. The number of ether oxygens (including phenoxy) is 3. The van der Waals surface area contributed by atoms with Gasteiger partial charge in [-0.2, -0.15) is 5.10 Å². The Balaban J connectivity index is 0.000000141. The number of benzene rings is 9. The second-order valence-corrected chi connectivity index (χ2v) is 27.2. The first-order valence-corrected chi connectivity index (χ1v) is 37.0. The Morgan fingerprint density at radius 3 is 1.52 bits per heavy atom. The molecular weight excluding hydrogens is 1460 g/mol. The van der Waals surface area contributed by atoms with Gasteiger partial charge in [0, 0.05) is 122 Å². The molecule has 0 saturated heterocycles. The number of allylic oxidation sites excluding steroid dienone is 9. The summed E-state index contributed by atoms with van der Waals surface area (Å²) in [4.78, 5) is 30.2. The summed E-state index contributed by atoms with van der Waals surface area (Å²) in [5, 5.41) is 26.6. The molecule has 576 valence electrons. The predicted octanol–water partition coefficient (Wildman–Crippen LogP) is 22.1. The summed E-state index contributed by atoms with van der Waals surface area (Å²) in [5.41, 5.74) is 24.4. The van der Waals surface area contributed by atoms with Crippen LogP contribution in [0.2, 0.25) is 5.02 Å². The number of hydrogen-bond donors (Lipinski definition) is 3. The van der Waals surface area contributed by atoms with Gasteiger partial charge in [0.25, 0.3) is 11.1 Å². The summed E-state index contributed by atoms with van der Waals surface area (Å²) in [6, 6.07) is 75.3. The molecule has 0 amide bonds. The first-order chi connectivity index (χ1) is 55.0. The van der Waals surface area contributed by atoms with Crippen molar-refractivity contribution in [3.8, 4) is 50.9 Å². The van der Waals surface area contributed by atoms with Gasteiger partial charge in [-0.15, -0.1) is 13.2 Å². The molecule has 3 aliphatic heterocycles. The van der Waals surface area contributed by atoms with Gasteiger partial charge in [-0.3, -0.25) is 23.8 Å². The molecule has 0 fully saturated rings. The van der Waals surface area contributed by atoms with Gasteiger partial charge in [-0.1, -0.05) is 159 Å². The predicted molar refractivity (Wildman–Crippen MR) is 457 cm³/mol. The Labute approximate surface area is 667 Å². The Morgan fingerprint density at radius 2 is 0.965 bits per heavy atom. The smallest absolute Gasteiger partial charge is 0.496 e. The van der Waals surface area contributed by atoms with Crippen LogP contribution in [0.5, 0.6) is 17.2 Å². The number of nitrogens with one attached hydrogen (secondary N) is 1. The zero-order valence-corrected chi connectivity index (χ0v) is 65.1. The fourth-order valence-corrected chi connectivity index (χ4v) is 12.9. The molecule has 114 heavy (non-hydrogen) atoms. The highest BCUT2D eigenvalue weighted by molar-refractivity contribution is 6.30. The van der Waals surface area contributed by atoms with Crippen LogP contribution in [0.3, 0.4) is 0 Å². The number of pyridine rings is 2. The number of halogens is 4. The Bertz CT molecular complexity index is 5750. The molecule has 0 saturated carbocycles. The highest BCUT2D eigenvalue weighted by Gasteiger charge is 2.31. The Hall–Kier alpha value is -13.5. The SMILES string of the molecule is C=C1C=CC(c2c(C)n[nH]c2C)=CN1c1ccccc1.C=C1C=CC(c2cccc(CO)c2)=CN1c1ccc(OCC)cc1C.C=C1C=CC(c2ccccc2OC)=CN1c1ccc(OC(F)(F)F)cc1.Cc1cccc(-n2cc(-c3ccc(Cl)cc3)ccc2=O)c1.Cc1cccc(-n2cc(-c3cccc(CO)c3)ccc2=O)c1. The van der Waals surface area contributed by atoms with Gasteiger partial charge in [0.1, 0.15) is 17.2 Å². The van der Waals surface area contributed by atoms with E-state index in [2.05, 4.69) is 94.1 Å². The molecule has 0 radical (unpaired) electrons. The number of anilines is 3. The van der Waals surface area contributed by atoms with E-state index in [1.807, 2.05) is 266 Å². The highest BCUT2D eigenvalue weighted by Crippen LogP contribution is 2.37. The van der Waals surface area contributed by atoms with Crippen molar-refractivity contribution < 1.29 is 37.6 Å². The van der Waals surface area contributed by atoms with E-state index in [9.17, 15) is 33.0 Å². The highest BCUT2D eigenvalue weighted by atomic mass is 35.5. The zero-order chi connectivity index (χ0) is 81.0. The molecule has 12 aromatic rings. The number of hydrogen-bond acceptors (Lipinski definition) is 11. The molecule has 0 spiro atoms. The number of alkyl halides is 3. The molecule has 0 aliphatic carbocycles. The monoisotopic (exact) mass is 1540 g/mol. The van der Waals surface area contributed by atoms with Crippen molar-refractivity contribution in [3.05, 3.63) is 429 Å². The van der Waals surface area contributed by atoms with Crippen molar-refractivity contribution in [2.75, 3.05) is 28.4 Å². The standard InChI is InChI=1S/C22H23NO2.C20H16F3NO2.C19H17NO2.C18H14ClNO.C17H17N3/c1-4-25-21-10-11-22(16(2)12-21)23-14-20(9-8-17(23)3)19-7-5-6-18(13-19)15-24;1-14-7-8-15(18-5-3-4-6-19(18)25-2)13-24(14)16-9-11-17(12-10-16)26-20(21,22)23;1-14-4-2-7-18(10-14)20-12-17(8-9-19(20)22)16-6-3-5-15(11-16)13-21;1-13-3-2-4-17(11-13)20-12-15(7-10-18(20)21)14-5-8-16(19)9-6-14;1-12-9-10-15(17-13(2)18-19-14(17)3)11-20(12)16-7-5-4-6-8-16/h5-14,24H,3-4,15H2,1-2H3;3-13H,1H2,2H3;2-12,21H,13H2,1H3;2-12H,1H3;4-11H,1H2,2-3H3,(H,18,19). The number of aromatic nitrogens is 4. The first-order valence-electron chi connectivity index (χ1n) is 36.7. The molecule has 0 atom stereocenters. The molecular formula is C96H87ClF3N7O7. The van der Waals surface area contributed by atoms with Crippen LogP contribution in [0, 0.1) is 34.6 Å². The molecule has 15 rings (SSSR count). The number of methoxy groups -OCH3 is 1. The Kier molecular flexibility index (Phi) is 27.2. The maximum Gasteiger partial charge on any atom is 0.573 e. The van der Waals surface area contributed by atoms with Gasteiger partial charge in [0.15, 0.2) is 0 Å². The number of aliphatic hydroxyl groups is 2. The van der Waals surface area contributed by atoms with Crippen molar-refractivity contribution in [3.63, 3.8) is 0 Å². The van der Waals surface area contributed by atoms with E-state index in [1.165, 1.54) is 12.1 Å². The summed E-state index contributed by atoms with van der Waals surface area (Å²) < 4.78 is 55.1. The third-order valence-corrected chi connectivity index (χ3v) is 18.8. The lowest BCUT2D eigenvalue weighted by atomic mass is 10.0. The van der Waals surface area contributed by atoms with Crippen molar-refractivity contribution >= 4 is 45.4 Å². The Morgan fingerprint density at radius 1 is 0.474 bits per heavy atom. The van der Waals surface area contributed by atoms with Gasteiger partial charge in [0.05, 0.1) is 32.6 Å². The van der Waals surface area contributed by atoms with Gasteiger partial charge < -0.3 is 39.1 Å². The van der Waals surface area contributed by atoms with Gasteiger partial charge in [-0.05, 0) is 242 Å². The van der Waals surface area contributed by atoms with Crippen LogP contribution in [-0.2, 0) is 13.2 Å². The fraction of sp³-hybridized carbons (Fsp3) is 0.115. The van der Waals surface area contributed by atoms with E-state index >= 15 is 0 Å². The average molecular weight is 1540 g/mol. The van der Waals surface area contributed by atoms with Crippen molar-refractivity contribution in [2.45, 2.75) is 61.1 Å². The minimum atomic E-state index is -4.71. The van der Waals surface area contributed by atoms with Crippen LogP contribution >= 0.6 is 11.6 Å². The summed E-state index contributed by atoms with van der Waals surface area (Å²) in [6.45, 7) is 25.1. The van der Waals surface area contributed by atoms with Gasteiger partial charge >= 0.3 is 6.36 Å². The normalized spacial score (nSPS) is 12.8. The van der Waals surface area contributed by atoms with Crippen LogP contribution in [0.1, 0.15) is 62.8 Å². The molecule has 3 N–H and O–H groups in total. The van der Waals surface area contributed by atoms with E-state index in [1.54, 1.807) is 45.4 Å². The molecule has 18 heteroatoms. The summed E-state index contributed by atoms with van der Waals surface area (Å²) in [5.74, 6) is 1.33. The van der Waals surface area contributed by atoms with E-state index in [0.29, 0.717) is 23.0 Å². The second kappa shape index (κ2) is 38.0.